The molecule has 2 N–H and O–H groups in total. The van der Waals surface area contributed by atoms with Gasteiger partial charge in [0.25, 0.3) is 0 Å². The zero-order valence-electron chi connectivity index (χ0n) is 18.3. The lowest BCUT2D eigenvalue weighted by molar-refractivity contribution is -0.157. The summed E-state index contributed by atoms with van der Waals surface area (Å²) in [5.41, 5.74) is 1.91. The number of guanidine groups is 1. The maximum atomic E-state index is 12.4. The lowest BCUT2D eigenvalue weighted by Crippen LogP contribution is -2.45. The highest BCUT2D eigenvalue weighted by atomic mass is 127. The molecule has 1 rings (SSSR count). The quantitative estimate of drug-likeness (QED) is 0.188. The van der Waals surface area contributed by atoms with Crippen LogP contribution in [0.3, 0.4) is 0 Å². The number of hydrogen-bond donors (Lipinski definition) is 2. The van der Waals surface area contributed by atoms with Gasteiger partial charge in [-0.1, -0.05) is 12.1 Å². The van der Waals surface area contributed by atoms with E-state index < -0.39 is 18.6 Å². The van der Waals surface area contributed by atoms with Gasteiger partial charge in [0, 0.05) is 39.3 Å². The van der Waals surface area contributed by atoms with Gasteiger partial charge in [0.1, 0.15) is 12.3 Å². The smallest absolute Gasteiger partial charge is 0.406 e. The third kappa shape index (κ3) is 12.6. The molecule has 0 bridgehead atoms. The number of alkyl halides is 3. The summed E-state index contributed by atoms with van der Waals surface area (Å²) in [5, 5.41) is 5.75. The Morgan fingerprint density at radius 1 is 1.23 bits per heavy atom. The number of nitrogens with one attached hydrogen (secondary N) is 2. The summed E-state index contributed by atoms with van der Waals surface area (Å²) in [7, 11) is 2.74. The van der Waals surface area contributed by atoms with Gasteiger partial charge >= 0.3 is 6.18 Å². The molecule has 0 radical (unpaired) electrons. The molecule has 11 heteroatoms. The number of aryl methyl sites for hydroxylation is 1. The van der Waals surface area contributed by atoms with E-state index in [2.05, 4.69) is 15.6 Å². The van der Waals surface area contributed by atoms with Crippen molar-refractivity contribution in [1.82, 2.24) is 15.5 Å². The van der Waals surface area contributed by atoms with Crippen molar-refractivity contribution < 1.29 is 27.4 Å². The third-order valence-electron chi connectivity index (χ3n) is 3.97. The number of benzene rings is 1. The van der Waals surface area contributed by atoms with E-state index in [9.17, 15) is 18.0 Å². The van der Waals surface area contributed by atoms with Crippen LogP contribution in [0.5, 0.6) is 5.75 Å². The number of hydrogen-bond acceptors (Lipinski definition) is 4. The van der Waals surface area contributed by atoms with Crippen molar-refractivity contribution in [2.75, 3.05) is 47.0 Å². The van der Waals surface area contributed by atoms with Crippen LogP contribution in [0, 0.1) is 6.92 Å². The SMILES string of the molecule is CCNC(=NCc1ccc(C)cc1OCCCOC)NCC(=O)N(C)CC(F)(F)F.I. The Hall–Kier alpha value is -1.76. The van der Waals surface area contributed by atoms with Gasteiger partial charge in [-0.2, -0.15) is 13.2 Å². The first-order valence-corrected chi connectivity index (χ1v) is 9.70. The molecule has 0 fully saturated rings. The molecule has 0 saturated carbocycles. The average Bonchev–Trinajstić information content (AvgIpc) is 2.66. The number of likely N-dealkylation sites (N-methyl/N-ethyl adjacent to an activating group) is 1. The summed E-state index contributed by atoms with van der Waals surface area (Å²) >= 11 is 0. The first-order valence-electron chi connectivity index (χ1n) is 9.70. The predicted octanol–water partition coefficient (Wildman–Crippen LogP) is 3.10. The number of ether oxygens (including phenoxy) is 2. The molecule has 0 aromatic heterocycles. The van der Waals surface area contributed by atoms with Gasteiger partial charge in [-0.25, -0.2) is 4.99 Å². The van der Waals surface area contributed by atoms with Crippen molar-refractivity contribution >= 4 is 35.8 Å². The van der Waals surface area contributed by atoms with Gasteiger partial charge in [-0.05, 0) is 25.5 Å². The summed E-state index contributed by atoms with van der Waals surface area (Å²) < 4.78 is 48.1. The molecule has 0 aliphatic rings. The van der Waals surface area contributed by atoms with Crippen molar-refractivity contribution in [3.63, 3.8) is 0 Å². The van der Waals surface area contributed by atoms with E-state index in [4.69, 9.17) is 9.47 Å². The maximum Gasteiger partial charge on any atom is 0.406 e. The third-order valence-corrected chi connectivity index (χ3v) is 3.97. The molecule has 0 heterocycles. The zero-order valence-corrected chi connectivity index (χ0v) is 20.7. The van der Waals surface area contributed by atoms with Crippen LogP contribution in [0.2, 0.25) is 0 Å². The summed E-state index contributed by atoms with van der Waals surface area (Å²) in [6, 6.07) is 5.78. The van der Waals surface area contributed by atoms with Crippen LogP contribution in [-0.4, -0.2) is 69.9 Å². The molecule has 1 amide bonds. The highest BCUT2D eigenvalue weighted by Gasteiger charge is 2.31. The Kier molecular flexibility index (Phi) is 14.3. The monoisotopic (exact) mass is 560 g/mol. The van der Waals surface area contributed by atoms with E-state index in [1.54, 1.807) is 7.11 Å². The second-order valence-corrected chi connectivity index (χ2v) is 6.72. The lowest BCUT2D eigenvalue weighted by atomic mass is 10.1. The number of rotatable bonds is 11. The minimum atomic E-state index is -4.44. The summed E-state index contributed by atoms with van der Waals surface area (Å²) in [6.45, 7) is 4.14. The Morgan fingerprint density at radius 3 is 2.55 bits per heavy atom. The molecule has 0 aliphatic heterocycles. The molecule has 0 saturated heterocycles. The fourth-order valence-corrected chi connectivity index (χ4v) is 2.47. The van der Waals surface area contributed by atoms with Crippen molar-refractivity contribution in [3.05, 3.63) is 29.3 Å². The van der Waals surface area contributed by atoms with Crippen LogP contribution in [0.1, 0.15) is 24.5 Å². The number of halogens is 4. The van der Waals surface area contributed by atoms with Crippen LogP contribution in [-0.2, 0) is 16.1 Å². The first-order chi connectivity index (χ1) is 14.2. The van der Waals surface area contributed by atoms with Gasteiger partial charge in [0.15, 0.2) is 5.96 Å². The standard InChI is InChI=1S/C20H31F3N4O3.HI/c1-5-24-19(26-13-18(28)27(3)14-20(21,22)23)25-12-16-8-7-15(2)11-17(16)30-10-6-9-29-4;/h7-8,11H,5-6,9-10,12-14H2,1-4H3,(H2,24,25,26);1H. The highest BCUT2D eigenvalue weighted by molar-refractivity contribution is 14.0. The number of methoxy groups -OCH3 is 1. The first kappa shape index (κ1) is 29.2. The molecule has 0 atom stereocenters. The molecule has 0 unspecified atom stereocenters. The average molecular weight is 560 g/mol. The molecule has 31 heavy (non-hydrogen) atoms. The van der Waals surface area contributed by atoms with E-state index in [0.29, 0.717) is 36.4 Å². The number of nitrogens with zero attached hydrogens (tertiary/aromatic N) is 2. The van der Waals surface area contributed by atoms with Crippen LogP contribution in [0.4, 0.5) is 13.2 Å². The van der Waals surface area contributed by atoms with Crippen LogP contribution in [0.15, 0.2) is 23.2 Å². The Bertz CT molecular complexity index is 703. The van der Waals surface area contributed by atoms with Crippen molar-refractivity contribution in [1.29, 1.82) is 0 Å². The molecule has 7 nitrogen and oxygen atoms in total. The van der Waals surface area contributed by atoms with Gasteiger partial charge in [0.2, 0.25) is 5.91 Å². The predicted molar refractivity (Wildman–Crippen MR) is 125 cm³/mol. The largest absolute Gasteiger partial charge is 0.493 e. The Balaban J connectivity index is 0.00000900. The normalized spacial score (nSPS) is 11.5. The molecule has 0 aliphatic carbocycles. The Morgan fingerprint density at radius 2 is 1.94 bits per heavy atom. The fourth-order valence-electron chi connectivity index (χ4n) is 2.47. The van der Waals surface area contributed by atoms with Gasteiger partial charge < -0.3 is 25.0 Å². The van der Waals surface area contributed by atoms with Crippen LogP contribution in [0.25, 0.3) is 0 Å². The van der Waals surface area contributed by atoms with Gasteiger partial charge in [0.05, 0.1) is 19.7 Å². The number of amides is 1. The van der Waals surface area contributed by atoms with Gasteiger partial charge in [-0.15, -0.1) is 24.0 Å². The Labute approximate surface area is 198 Å². The topological polar surface area (TPSA) is 75.2 Å². The van der Waals surface area contributed by atoms with Crippen LogP contribution < -0.4 is 15.4 Å². The molecular weight excluding hydrogens is 528 g/mol. The van der Waals surface area contributed by atoms with Gasteiger partial charge in [-0.3, -0.25) is 4.79 Å². The number of carbonyl (C=O) groups is 1. The van der Waals surface area contributed by atoms with E-state index in [0.717, 1.165) is 24.6 Å². The molecule has 178 valence electrons. The maximum absolute atomic E-state index is 12.4. The lowest BCUT2D eigenvalue weighted by Gasteiger charge is -2.20. The molecule has 1 aromatic carbocycles. The molecule has 1 aromatic rings. The number of carbonyl (C=O) groups excluding carboxylic acids is 1. The minimum absolute atomic E-state index is 0. The van der Waals surface area contributed by atoms with Crippen molar-refractivity contribution in [2.24, 2.45) is 4.99 Å². The summed E-state index contributed by atoms with van der Waals surface area (Å²) in [5.74, 6) is 0.360. The van der Waals surface area contributed by atoms with E-state index >= 15 is 0 Å². The minimum Gasteiger partial charge on any atom is -0.493 e. The van der Waals surface area contributed by atoms with E-state index in [-0.39, 0.29) is 37.1 Å². The second-order valence-electron chi connectivity index (χ2n) is 6.72. The second kappa shape index (κ2) is 15.1. The summed E-state index contributed by atoms with van der Waals surface area (Å²) in [6.07, 6.45) is -3.68. The van der Waals surface area contributed by atoms with E-state index in [1.807, 2.05) is 32.0 Å². The van der Waals surface area contributed by atoms with Crippen LogP contribution >= 0.6 is 24.0 Å². The highest BCUT2D eigenvalue weighted by Crippen LogP contribution is 2.21. The molecular formula is C20H32F3IN4O3. The number of aliphatic imine (C=N–C) groups is 1. The van der Waals surface area contributed by atoms with E-state index in [1.165, 1.54) is 0 Å². The zero-order chi connectivity index (χ0) is 22.6. The van der Waals surface area contributed by atoms with Crippen molar-refractivity contribution in [3.8, 4) is 5.75 Å². The fraction of sp³-hybridized carbons (Fsp3) is 0.600. The van der Waals surface area contributed by atoms with Crippen molar-refractivity contribution in [2.45, 2.75) is 33.0 Å². The molecule has 0 spiro atoms. The summed E-state index contributed by atoms with van der Waals surface area (Å²) in [4.78, 5) is 17.0.